The average molecular weight is 368 g/mol. The Morgan fingerprint density at radius 1 is 1.08 bits per heavy atom. The molecule has 0 aliphatic heterocycles. The maximum absolute atomic E-state index is 5.91. The molecule has 0 radical (unpaired) electrons. The van der Waals surface area contributed by atoms with Crippen molar-refractivity contribution in [1.29, 1.82) is 0 Å². The summed E-state index contributed by atoms with van der Waals surface area (Å²) in [6.07, 6.45) is 0. The predicted molar refractivity (Wildman–Crippen MR) is 96.4 cm³/mol. The summed E-state index contributed by atoms with van der Waals surface area (Å²) in [6, 6.07) is 14.8. The zero-order chi connectivity index (χ0) is 18.1. The highest BCUT2D eigenvalue weighted by molar-refractivity contribution is 6.30. The third-order valence-corrected chi connectivity index (χ3v) is 4.19. The summed E-state index contributed by atoms with van der Waals surface area (Å²) < 4.78 is 12.5. The third kappa shape index (κ3) is 2.82. The van der Waals surface area contributed by atoms with Gasteiger partial charge in [0.15, 0.2) is 5.69 Å². The van der Waals surface area contributed by atoms with Gasteiger partial charge in [-0.2, -0.15) is 4.98 Å². The lowest BCUT2D eigenvalue weighted by Gasteiger charge is -2.08. The first kappa shape index (κ1) is 16.3. The molecule has 0 fully saturated rings. The Bertz CT molecular complexity index is 1060. The van der Waals surface area contributed by atoms with Crippen LogP contribution in [0.15, 0.2) is 53.1 Å². The predicted octanol–water partition coefficient (Wildman–Crippen LogP) is 3.95. The second-order valence-corrected chi connectivity index (χ2v) is 5.97. The van der Waals surface area contributed by atoms with Crippen molar-refractivity contribution in [3.8, 4) is 34.4 Å². The van der Waals surface area contributed by atoms with Crippen molar-refractivity contribution in [2.45, 2.75) is 6.92 Å². The summed E-state index contributed by atoms with van der Waals surface area (Å²) in [5.41, 5.74) is 2.87. The number of hydrogen-bond acceptors (Lipinski definition) is 6. The van der Waals surface area contributed by atoms with Crippen LogP contribution in [-0.2, 0) is 0 Å². The summed E-state index contributed by atoms with van der Waals surface area (Å²) in [7, 11) is 1.61. The minimum Gasteiger partial charge on any atom is -0.494 e. The molecule has 130 valence electrons. The van der Waals surface area contributed by atoms with Crippen LogP contribution in [0.5, 0.6) is 5.75 Å². The molecule has 2 aromatic heterocycles. The molecule has 4 rings (SSSR count). The fraction of sp³-hybridized carbons (Fsp3) is 0.111. The number of ether oxygens (including phenoxy) is 1. The van der Waals surface area contributed by atoms with Crippen LogP contribution in [0.25, 0.3) is 28.7 Å². The van der Waals surface area contributed by atoms with Gasteiger partial charge < -0.3 is 9.26 Å². The van der Waals surface area contributed by atoms with E-state index >= 15 is 0 Å². The van der Waals surface area contributed by atoms with E-state index in [0.29, 0.717) is 28.2 Å². The van der Waals surface area contributed by atoms with Crippen molar-refractivity contribution in [2.75, 3.05) is 7.11 Å². The van der Waals surface area contributed by atoms with E-state index in [1.54, 1.807) is 23.9 Å². The molecule has 2 aromatic carbocycles. The minimum absolute atomic E-state index is 0.300. The Balaban J connectivity index is 1.72. The van der Waals surface area contributed by atoms with Crippen LogP contribution in [0.4, 0.5) is 0 Å². The summed E-state index contributed by atoms with van der Waals surface area (Å²) in [5.74, 6) is 1.45. The average Bonchev–Trinajstić information content (AvgIpc) is 3.29. The molecule has 0 spiro atoms. The van der Waals surface area contributed by atoms with Gasteiger partial charge in [0.25, 0.3) is 5.89 Å². The molecule has 26 heavy (non-hydrogen) atoms. The minimum atomic E-state index is 0.300. The summed E-state index contributed by atoms with van der Waals surface area (Å²) in [4.78, 5) is 4.42. The maximum atomic E-state index is 5.91. The van der Waals surface area contributed by atoms with Crippen LogP contribution in [0, 0.1) is 6.92 Å². The normalized spacial score (nSPS) is 10.9. The first-order chi connectivity index (χ1) is 12.7. The highest BCUT2D eigenvalue weighted by atomic mass is 35.5. The van der Waals surface area contributed by atoms with Crippen LogP contribution in [0.2, 0.25) is 5.02 Å². The summed E-state index contributed by atoms with van der Waals surface area (Å²) >= 11 is 5.91. The number of rotatable bonds is 4. The topological polar surface area (TPSA) is 78.9 Å². The first-order valence-electron chi connectivity index (χ1n) is 7.83. The SMILES string of the molecule is COc1ccccc1-n1nnc(-c2nc(-c3ccc(Cl)cc3)no2)c1C. The van der Waals surface area contributed by atoms with Crippen molar-refractivity contribution in [3.05, 3.63) is 59.2 Å². The zero-order valence-corrected chi connectivity index (χ0v) is 14.8. The number of para-hydroxylation sites is 2. The molecule has 0 amide bonds. The van der Waals surface area contributed by atoms with Gasteiger partial charge in [0.1, 0.15) is 11.4 Å². The van der Waals surface area contributed by atoms with Gasteiger partial charge in [-0.15, -0.1) is 5.10 Å². The number of hydrogen-bond donors (Lipinski definition) is 0. The van der Waals surface area contributed by atoms with Gasteiger partial charge in [0, 0.05) is 10.6 Å². The number of nitrogens with zero attached hydrogens (tertiary/aromatic N) is 5. The molecular formula is C18H14ClN5O2. The van der Waals surface area contributed by atoms with Gasteiger partial charge in [-0.3, -0.25) is 0 Å². The van der Waals surface area contributed by atoms with Gasteiger partial charge in [-0.1, -0.05) is 34.1 Å². The molecule has 0 N–H and O–H groups in total. The first-order valence-corrected chi connectivity index (χ1v) is 8.21. The van der Waals surface area contributed by atoms with E-state index in [1.165, 1.54) is 0 Å². The lowest BCUT2D eigenvalue weighted by Crippen LogP contribution is -2.01. The highest BCUT2D eigenvalue weighted by Crippen LogP contribution is 2.28. The molecule has 0 saturated carbocycles. The Labute approximate surface area is 154 Å². The smallest absolute Gasteiger partial charge is 0.280 e. The van der Waals surface area contributed by atoms with Crippen molar-refractivity contribution in [3.63, 3.8) is 0 Å². The van der Waals surface area contributed by atoms with E-state index in [1.807, 2.05) is 43.3 Å². The Morgan fingerprint density at radius 2 is 1.85 bits per heavy atom. The van der Waals surface area contributed by atoms with Crippen LogP contribution in [0.3, 0.4) is 0 Å². The van der Waals surface area contributed by atoms with Gasteiger partial charge in [0.2, 0.25) is 5.82 Å². The molecule has 0 aliphatic rings. The van der Waals surface area contributed by atoms with E-state index in [4.69, 9.17) is 20.9 Å². The van der Waals surface area contributed by atoms with Crippen LogP contribution >= 0.6 is 11.6 Å². The van der Waals surface area contributed by atoms with Gasteiger partial charge in [0.05, 0.1) is 12.8 Å². The third-order valence-electron chi connectivity index (χ3n) is 3.94. The number of halogens is 1. The molecule has 8 heteroatoms. The van der Waals surface area contributed by atoms with E-state index in [-0.39, 0.29) is 0 Å². The molecule has 2 heterocycles. The molecule has 0 saturated heterocycles. The van der Waals surface area contributed by atoms with E-state index in [9.17, 15) is 0 Å². The van der Waals surface area contributed by atoms with Crippen molar-refractivity contribution >= 4 is 11.6 Å². The molecule has 0 atom stereocenters. The highest BCUT2D eigenvalue weighted by Gasteiger charge is 2.20. The van der Waals surface area contributed by atoms with Crippen molar-refractivity contribution < 1.29 is 9.26 Å². The quantitative estimate of drug-likeness (QED) is 0.543. The van der Waals surface area contributed by atoms with Gasteiger partial charge in [-0.05, 0) is 43.3 Å². The fourth-order valence-corrected chi connectivity index (χ4v) is 2.72. The van der Waals surface area contributed by atoms with Crippen LogP contribution < -0.4 is 4.74 Å². The van der Waals surface area contributed by atoms with Crippen molar-refractivity contribution in [2.24, 2.45) is 0 Å². The lowest BCUT2D eigenvalue weighted by molar-refractivity contribution is 0.411. The van der Waals surface area contributed by atoms with Crippen LogP contribution in [0.1, 0.15) is 5.69 Å². The Morgan fingerprint density at radius 3 is 2.62 bits per heavy atom. The van der Waals surface area contributed by atoms with Crippen LogP contribution in [-0.4, -0.2) is 32.2 Å². The number of benzene rings is 2. The molecule has 7 nitrogen and oxygen atoms in total. The molecule has 4 aromatic rings. The largest absolute Gasteiger partial charge is 0.494 e. The number of aromatic nitrogens is 5. The second kappa shape index (κ2) is 6.61. The maximum Gasteiger partial charge on any atom is 0.280 e. The zero-order valence-electron chi connectivity index (χ0n) is 14.0. The molecular weight excluding hydrogens is 354 g/mol. The van der Waals surface area contributed by atoms with Crippen molar-refractivity contribution in [1.82, 2.24) is 25.1 Å². The molecule has 0 bridgehead atoms. The molecule has 0 unspecified atom stereocenters. The second-order valence-electron chi connectivity index (χ2n) is 5.54. The summed E-state index contributed by atoms with van der Waals surface area (Å²) in [5, 5.41) is 13.1. The fourth-order valence-electron chi connectivity index (χ4n) is 2.60. The Hall–Kier alpha value is -3.19. The standard InChI is InChI=1S/C18H14ClN5O2/c1-11-16(21-23-24(11)14-5-3-4-6-15(14)25-2)18-20-17(22-26-18)12-7-9-13(19)10-8-12/h3-10H,1-2H3. The monoisotopic (exact) mass is 367 g/mol. The van der Waals surface area contributed by atoms with E-state index < -0.39 is 0 Å². The summed E-state index contributed by atoms with van der Waals surface area (Å²) in [6.45, 7) is 1.88. The van der Waals surface area contributed by atoms with Gasteiger partial charge in [-0.25, -0.2) is 4.68 Å². The Kier molecular flexibility index (Phi) is 4.14. The molecule has 0 aliphatic carbocycles. The van der Waals surface area contributed by atoms with Gasteiger partial charge >= 0.3 is 0 Å². The number of methoxy groups -OCH3 is 1. The lowest BCUT2D eigenvalue weighted by atomic mass is 10.2. The van der Waals surface area contributed by atoms with E-state index in [2.05, 4.69) is 20.5 Å². The van der Waals surface area contributed by atoms with E-state index in [0.717, 1.165) is 16.9 Å².